The fourth-order valence-electron chi connectivity index (χ4n) is 9.51. The molecule has 204 valence electrons. The van der Waals surface area contributed by atoms with E-state index in [0.29, 0.717) is 28.7 Å². The maximum Gasteiger partial charge on any atom is 0.331 e. The molecular weight excluding hydrogens is 486 g/mol. The molecule has 8 atom stereocenters. The number of nitrogens with zero attached hydrogens (tertiary/aromatic N) is 1. The van der Waals surface area contributed by atoms with E-state index in [0.717, 1.165) is 28.7 Å². The minimum Gasteiger partial charge on any atom is -0.478 e. The van der Waals surface area contributed by atoms with Crippen LogP contribution < -0.4 is 0 Å². The van der Waals surface area contributed by atoms with Crippen molar-refractivity contribution in [2.45, 2.75) is 59.3 Å². The lowest BCUT2D eigenvalue weighted by atomic mass is 9.46. The molecule has 1 spiro atoms. The van der Waals surface area contributed by atoms with Gasteiger partial charge in [-0.25, -0.2) is 4.79 Å². The SMILES string of the molecule is C=C1C=CC2(C)C(=C1)CCC1C3C[C@@H](C)C(C(=C)SC(=C)N(C)C)C3(C)CC3CC312.O=C(O)C1=CC=CC1. The van der Waals surface area contributed by atoms with Gasteiger partial charge >= 0.3 is 5.97 Å². The Kier molecular flexibility index (Phi) is 6.82. The summed E-state index contributed by atoms with van der Waals surface area (Å²) < 4.78 is 0. The van der Waals surface area contributed by atoms with Crippen molar-refractivity contribution >= 4 is 17.7 Å². The Bertz CT molecular complexity index is 1200. The van der Waals surface area contributed by atoms with Gasteiger partial charge in [0.05, 0.1) is 5.03 Å². The normalized spacial score (nSPS) is 41.4. The van der Waals surface area contributed by atoms with Gasteiger partial charge in [0.25, 0.3) is 0 Å². The molecule has 0 amide bonds. The Morgan fingerprint density at radius 3 is 2.53 bits per heavy atom. The Morgan fingerprint density at radius 2 is 1.92 bits per heavy atom. The average Bonchev–Trinajstić information content (AvgIpc) is 3.19. The minimum atomic E-state index is -0.810. The zero-order valence-corrected chi connectivity index (χ0v) is 24.7. The lowest BCUT2D eigenvalue weighted by Gasteiger charge is -2.58. The Hall–Kier alpha value is -2.20. The van der Waals surface area contributed by atoms with Gasteiger partial charge in [0.15, 0.2) is 0 Å². The fourth-order valence-corrected chi connectivity index (χ4v) is 10.6. The second kappa shape index (κ2) is 9.47. The van der Waals surface area contributed by atoms with Crippen molar-refractivity contribution in [3.05, 3.63) is 82.8 Å². The molecule has 0 saturated heterocycles. The summed E-state index contributed by atoms with van der Waals surface area (Å²) in [5.41, 5.74) is 4.50. The smallest absolute Gasteiger partial charge is 0.331 e. The predicted octanol–water partition coefficient (Wildman–Crippen LogP) is 8.38. The number of rotatable bonds is 5. The molecule has 0 aromatic carbocycles. The molecule has 6 aliphatic rings. The van der Waals surface area contributed by atoms with E-state index in [1.807, 2.05) is 17.8 Å². The second-order valence-electron chi connectivity index (χ2n) is 13.4. The average molecular weight is 532 g/mol. The first-order chi connectivity index (χ1) is 17.8. The highest BCUT2D eigenvalue weighted by molar-refractivity contribution is 8.06. The van der Waals surface area contributed by atoms with Crippen LogP contribution in [0.15, 0.2) is 82.8 Å². The van der Waals surface area contributed by atoms with Crippen LogP contribution in [0.4, 0.5) is 0 Å². The molecule has 0 bridgehead atoms. The van der Waals surface area contributed by atoms with Crippen molar-refractivity contribution in [3.8, 4) is 0 Å². The topological polar surface area (TPSA) is 40.5 Å². The highest BCUT2D eigenvalue weighted by Gasteiger charge is 2.76. The van der Waals surface area contributed by atoms with Crippen LogP contribution in [0.1, 0.15) is 59.3 Å². The second-order valence-corrected chi connectivity index (χ2v) is 14.6. The first-order valence-corrected chi connectivity index (χ1v) is 15.1. The molecule has 38 heavy (non-hydrogen) atoms. The molecule has 6 rings (SSSR count). The van der Waals surface area contributed by atoms with Crippen LogP contribution >= 0.6 is 11.8 Å². The molecule has 0 aromatic heterocycles. The number of hydrogen-bond acceptors (Lipinski definition) is 3. The maximum atomic E-state index is 10.1. The molecule has 0 aliphatic heterocycles. The van der Waals surface area contributed by atoms with E-state index >= 15 is 0 Å². The van der Waals surface area contributed by atoms with Crippen LogP contribution in [0.3, 0.4) is 0 Å². The van der Waals surface area contributed by atoms with Crippen molar-refractivity contribution in [1.29, 1.82) is 0 Å². The van der Waals surface area contributed by atoms with Gasteiger partial charge in [0, 0.05) is 25.1 Å². The Labute approximate surface area is 234 Å². The van der Waals surface area contributed by atoms with E-state index in [1.165, 1.54) is 42.6 Å². The lowest BCUT2D eigenvalue weighted by Crippen LogP contribution is -2.51. The Balaban J connectivity index is 0.000000316. The van der Waals surface area contributed by atoms with Crippen LogP contribution in [0, 0.1) is 45.8 Å². The van der Waals surface area contributed by atoms with Gasteiger partial charge in [0.1, 0.15) is 0 Å². The molecule has 1 N–H and O–H groups in total. The summed E-state index contributed by atoms with van der Waals surface area (Å²) >= 11 is 1.83. The highest BCUT2D eigenvalue weighted by atomic mass is 32.2. The van der Waals surface area contributed by atoms with Crippen molar-refractivity contribution < 1.29 is 9.90 Å². The third-order valence-corrected chi connectivity index (χ3v) is 12.3. The molecule has 3 nitrogen and oxygen atoms in total. The van der Waals surface area contributed by atoms with E-state index in [-0.39, 0.29) is 5.41 Å². The van der Waals surface area contributed by atoms with Crippen LogP contribution in [-0.2, 0) is 4.79 Å². The number of carboxylic acids is 1. The van der Waals surface area contributed by atoms with E-state index in [9.17, 15) is 4.79 Å². The van der Waals surface area contributed by atoms with Gasteiger partial charge in [-0.2, -0.15) is 0 Å². The highest BCUT2D eigenvalue weighted by Crippen LogP contribution is 2.83. The minimum absolute atomic E-state index is 0.259. The number of aliphatic carboxylic acids is 1. The van der Waals surface area contributed by atoms with Gasteiger partial charge in [-0.3, -0.25) is 0 Å². The number of carbonyl (C=O) groups is 1. The number of fused-ring (bicyclic) bond motifs is 3. The van der Waals surface area contributed by atoms with Crippen LogP contribution in [-0.4, -0.2) is 30.1 Å². The zero-order valence-electron chi connectivity index (χ0n) is 23.9. The summed E-state index contributed by atoms with van der Waals surface area (Å²) in [5.74, 6) is 3.08. The number of allylic oxidation sites excluding steroid dienone is 9. The van der Waals surface area contributed by atoms with Gasteiger partial charge < -0.3 is 10.0 Å². The molecular formula is C34H45NO2S. The third-order valence-electron chi connectivity index (χ3n) is 11.2. The predicted molar refractivity (Wildman–Crippen MR) is 160 cm³/mol. The van der Waals surface area contributed by atoms with Gasteiger partial charge in [-0.05, 0) is 89.4 Å². The largest absolute Gasteiger partial charge is 0.478 e. The van der Waals surface area contributed by atoms with Gasteiger partial charge in [0.2, 0.25) is 0 Å². The van der Waals surface area contributed by atoms with Crippen LogP contribution in [0.2, 0.25) is 0 Å². The standard InChI is InChI=1S/C28H39NS.C6H6O2/c1-17-11-12-27(6)21(13-17)9-10-23-24-14-18(2)25(19(3)30-20(4)29(7)8)26(24,5)15-22-16-28(22,23)27;7-6(8)5-3-1-2-4-5/h11-13,18,22-25H,1,3-4,9-10,14-16H2,2,5-8H3;1-3H,4H2,(H,7,8)/t18-,22?,23?,24?,25?,26?,27?,28?;/m1./s1. The lowest BCUT2D eigenvalue weighted by molar-refractivity contribution is -0.132. The van der Waals surface area contributed by atoms with Crippen LogP contribution in [0.5, 0.6) is 0 Å². The first kappa shape index (κ1) is 27.4. The summed E-state index contributed by atoms with van der Waals surface area (Å²) in [5, 5.41) is 9.42. The van der Waals surface area contributed by atoms with E-state index in [4.69, 9.17) is 5.11 Å². The molecule has 0 radical (unpaired) electrons. The summed E-state index contributed by atoms with van der Waals surface area (Å²) in [6, 6.07) is 0. The quantitative estimate of drug-likeness (QED) is 0.387. The van der Waals surface area contributed by atoms with Crippen molar-refractivity contribution in [2.24, 2.45) is 45.8 Å². The molecule has 4 saturated carbocycles. The molecule has 4 fully saturated rings. The van der Waals surface area contributed by atoms with Crippen molar-refractivity contribution in [1.82, 2.24) is 4.90 Å². The van der Waals surface area contributed by atoms with Crippen molar-refractivity contribution in [2.75, 3.05) is 14.1 Å². The van der Waals surface area contributed by atoms with Gasteiger partial charge in [-0.15, -0.1) is 0 Å². The number of carboxylic acid groups (broad SMARTS) is 1. The van der Waals surface area contributed by atoms with E-state index in [1.54, 1.807) is 17.7 Å². The Morgan fingerprint density at radius 1 is 1.18 bits per heavy atom. The summed E-state index contributed by atoms with van der Waals surface area (Å²) in [4.78, 5) is 13.6. The first-order valence-electron chi connectivity index (χ1n) is 14.3. The zero-order chi connectivity index (χ0) is 27.6. The fraction of sp³-hybridized carbons (Fsp3) is 0.559. The van der Waals surface area contributed by atoms with Crippen molar-refractivity contribution in [3.63, 3.8) is 0 Å². The molecule has 6 aliphatic carbocycles. The maximum absolute atomic E-state index is 10.1. The molecule has 7 unspecified atom stereocenters. The number of hydrogen-bond donors (Lipinski definition) is 1. The third kappa shape index (κ3) is 4.05. The van der Waals surface area contributed by atoms with E-state index < -0.39 is 5.97 Å². The molecule has 0 heterocycles. The monoisotopic (exact) mass is 531 g/mol. The van der Waals surface area contributed by atoms with E-state index in [2.05, 4.69) is 77.7 Å². The van der Waals surface area contributed by atoms with Gasteiger partial charge in [-0.1, -0.05) is 94.3 Å². The number of thioether (sulfide) groups is 1. The molecule has 4 heteroatoms. The summed E-state index contributed by atoms with van der Waals surface area (Å²) in [6.07, 6.45) is 19.9. The summed E-state index contributed by atoms with van der Waals surface area (Å²) in [7, 11) is 4.18. The van der Waals surface area contributed by atoms with Crippen LogP contribution in [0.25, 0.3) is 0 Å². The summed E-state index contributed by atoms with van der Waals surface area (Å²) in [6.45, 7) is 20.8. The molecule has 0 aromatic rings.